The molecule has 146 valence electrons. The average Bonchev–Trinajstić information content (AvgIpc) is 3.17. The summed E-state index contributed by atoms with van der Waals surface area (Å²) in [5.74, 6) is -0.0763. The molecule has 0 aliphatic carbocycles. The normalized spacial score (nSPS) is 12.0. The number of benzene rings is 1. The zero-order valence-electron chi connectivity index (χ0n) is 16.6. The molecule has 27 heavy (non-hydrogen) atoms. The summed E-state index contributed by atoms with van der Waals surface area (Å²) in [7, 11) is 1.82. The Hall–Kier alpha value is -2.18. The number of thiophene rings is 1. The first-order valence-corrected chi connectivity index (χ1v) is 10.2. The number of nitrogens with zero attached hydrogens (tertiary/aromatic N) is 2. The highest BCUT2D eigenvalue weighted by Gasteiger charge is 2.21. The summed E-state index contributed by atoms with van der Waals surface area (Å²) in [6.07, 6.45) is 0.884. The van der Waals surface area contributed by atoms with Crippen molar-refractivity contribution in [2.75, 3.05) is 32.0 Å². The molecule has 0 radical (unpaired) electrons. The second-order valence-electron chi connectivity index (χ2n) is 6.77. The van der Waals surface area contributed by atoms with E-state index in [9.17, 15) is 9.59 Å². The summed E-state index contributed by atoms with van der Waals surface area (Å²) in [5, 5.41) is 4.96. The van der Waals surface area contributed by atoms with Crippen LogP contribution in [0.15, 0.2) is 41.8 Å². The van der Waals surface area contributed by atoms with E-state index in [-0.39, 0.29) is 30.9 Å². The minimum absolute atomic E-state index is 0.0213. The molecule has 0 saturated heterocycles. The Balaban J connectivity index is 1.94. The number of carbonyl (C=O) groups is 2. The van der Waals surface area contributed by atoms with Crippen molar-refractivity contribution in [1.82, 2.24) is 9.80 Å². The van der Waals surface area contributed by atoms with Gasteiger partial charge < -0.3 is 10.2 Å². The van der Waals surface area contributed by atoms with Crippen molar-refractivity contribution in [2.24, 2.45) is 0 Å². The second-order valence-corrected chi connectivity index (χ2v) is 7.75. The van der Waals surface area contributed by atoms with Crippen molar-refractivity contribution >= 4 is 28.8 Å². The van der Waals surface area contributed by atoms with Crippen LogP contribution in [0.3, 0.4) is 0 Å². The molecule has 0 spiro atoms. The number of likely N-dealkylation sites (N-methyl/N-ethyl adjacent to an activating group) is 1. The predicted octanol–water partition coefficient (Wildman–Crippen LogP) is 3.93. The van der Waals surface area contributed by atoms with Crippen LogP contribution < -0.4 is 5.32 Å². The van der Waals surface area contributed by atoms with Gasteiger partial charge in [-0.2, -0.15) is 0 Å². The van der Waals surface area contributed by atoms with Gasteiger partial charge in [-0.1, -0.05) is 31.2 Å². The van der Waals surface area contributed by atoms with E-state index >= 15 is 0 Å². The monoisotopic (exact) mass is 387 g/mol. The lowest BCUT2D eigenvalue weighted by Gasteiger charge is -2.28. The van der Waals surface area contributed by atoms with Crippen LogP contribution in [0.1, 0.15) is 36.8 Å². The summed E-state index contributed by atoms with van der Waals surface area (Å²) in [4.78, 5) is 30.0. The SMILES string of the molecule is CCCN(CC(=O)Nc1ccccc1C)CC(=O)N(C)C(C)c1cccs1. The average molecular weight is 388 g/mol. The van der Waals surface area contributed by atoms with Gasteiger partial charge in [-0.25, -0.2) is 0 Å². The molecule has 0 aliphatic rings. The van der Waals surface area contributed by atoms with Crippen LogP contribution in [-0.4, -0.2) is 48.3 Å². The minimum Gasteiger partial charge on any atom is -0.337 e. The molecule has 1 unspecified atom stereocenters. The Labute approximate surface area is 166 Å². The lowest BCUT2D eigenvalue weighted by Crippen LogP contribution is -2.42. The highest BCUT2D eigenvalue weighted by Crippen LogP contribution is 2.23. The molecule has 2 aromatic rings. The second kappa shape index (κ2) is 10.2. The van der Waals surface area contributed by atoms with Crippen molar-refractivity contribution in [3.8, 4) is 0 Å². The number of anilines is 1. The third-order valence-corrected chi connectivity index (χ3v) is 5.66. The van der Waals surface area contributed by atoms with Gasteiger partial charge in [0.1, 0.15) is 0 Å². The number of hydrogen-bond acceptors (Lipinski definition) is 4. The Kier molecular flexibility index (Phi) is 8.00. The van der Waals surface area contributed by atoms with E-state index in [0.717, 1.165) is 22.5 Å². The lowest BCUT2D eigenvalue weighted by molar-refractivity contribution is -0.133. The zero-order valence-corrected chi connectivity index (χ0v) is 17.4. The van der Waals surface area contributed by atoms with E-state index in [1.807, 2.05) is 67.6 Å². The molecule has 0 saturated carbocycles. The van der Waals surface area contributed by atoms with Crippen LogP contribution in [0, 0.1) is 6.92 Å². The van der Waals surface area contributed by atoms with E-state index in [2.05, 4.69) is 12.2 Å². The fourth-order valence-electron chi connectivity index (χ4n) is 2.87. The van der Waals surface area contributed by atoms with Gasteiger partial charge in [-0.15, -0.1) is 11.3 Å². The number of aryl methyl sites for hydroxylation is 1. The van der Waals surface area contributed by atoms with Crippen LogP contribution in [0.5, 0.6) is 0 Å². The van der Waals surface area contributed by atoms with Crippen molar-refractivity contribution in [2.45, 2.75) is 33.2 Å². The Bertz CT molecular complexity index is 746. The fraction of sp³-hybridized carbons (Fsp3) is 0.429. The van der Waals surface area contributed by atoms with Crippen LogP contribution in [0.2, 0.25) is 0 Å². The van der Waals surface area contributed by atoms with E-state index in [4.69, 9.17) is 0 Å². The minimum atomic E-state index is -0.0977. The van der Waals surface area contributed by atoms with Gasteiger partial charge >= 0.3 is 0 Å². The van der Waals surface area contributed by atoms with E-state index < -0.39 is 0 Å². The molecule has 1 N–H and O–H groups in total. The quantitative estimate of drug-likeness (QED) is 0.709. The molecule has 2 rings (SSSR count). The molecule has 0 aliphatic heterocycles. The lowest BCUT2D eigenvalue weighted by atomic mass is 10.2. The Morgan fingerprint density at radius 2 is 1.89 bits per heavy atom. The smallest absolute Gasteiger partial charge is 0.238 e. The number of rotatable bonds is 9. The number of para-hydroxylation sites is 1. The van der Waals surface area contributed by atoms with Crippen LogP contribution >= 0.6 is 11.3 Å². The molecule has 2 amide bonds. The standard InChI is InChI=1S/C21H29N3O2S/c1-5-12-24(14-20(25)22-18-10-7-6-9-16(18)2)15-21(26)23(4)17(3)19-11-8-13-27-19/h6-11,13,17H,5,12,14-15H2,1-4H3,(H,22,25). The molecule has 1 aromatic carbocycles. The summed E-state index contributed by atoms with van der Waals surface area (Å²) in [6, 6.07) is 11.8. The van der Waals surface area contributed by atoms with Crippen LogP contribution in [-0.2, 0) is 9.59 Å². The third-order valence-electron chi connectivity index (χ3n) is 4.61. The van der Waals surface area contributed by atoms with Gasteiger partial charge in [0.25, 0.3) is 0 Å². The van der Waals surface area contributed by atoms with Crippen molar-refractivity contribution < 1.29 is 9.59 Å². The van der Waals surface area contributed by atoms with Gasteiger partial charge in [0.15, 0.2) is 0 Å². The van der Waals surface area contributed by atoms with E-state index in [0.29, 0.717) is 6.54 Å². The third kappa shape index (κ3) is 6.19. The molecule has 1 atom stereocenters. The van der Waals surface area contributed by atoms with Crippen molar-refractivity contribution in [1.29, 1.82) is 0 Å². The van der Waals surface area contributed by atoms with Crippen LogP contribution in [0.25, 0.3) is 0 Å². The molecule has 1 heterocycles. The first-order valence-electron chi connectivity index (χ1n) is 9.29. The summed E-state index contributed by atoms with van der Waals surface area (Å²) in [5.41, 5.74) is 1.84. The van der Waals surface area contributed by atoms with Crippen molar-refractivity contribution in [3.63, 3.8) is 0 Å². The summed E-state index contributed by atoms with van der Waals surface area (Å²) in [6.45, 7) is 7.18. The molecular formula is C21H29N3O2S. The molecule has 0 fully saturated rings. The highest BCUT2D eigenvalue weighted by molar-refractivity contribution is 7.10. The molecule has 5 nitrogen and oxygen atoms in total. The van der Waals surface area contributed by atoms with E-state index in [1.165, 1.54) is 0 Å². The number of hydrogen-bond donors (Lipinski definition) is 1. The Morgan fingerprint density at radius 1 is 1.15 bits per heavy atom. The highest BCUT2D eigenvalue weighted by atomic mass is 32.1. The summed E-state index contributed by atoms with van der Waals surface area (Å²) >= 11 is 1.65. The first-order chi connectivity index (χ1) is 12.9. The number of carbonyl (C=O) groups excluding carboxylic acids is 2. The molecule has 6 heteroatoms. The maximum absolute atomic E-state index is 12.7. The van der Waals surface area contributed by atoms with Crippen molar-refractivity contribution in [3.05, 3.63) is 52.2 Å². The number of nitrogens with one attached hydrogen (secondary N) is 1. The van der Waals surface area contributed by atoms with E-state index in [1.54, 1.807) is 16.2 Å². The molecular weight excluding hydrogens is 358 g/mol. The van der Waals surface area contributed by atoms with Crippen LogP contribution in [0.4, 0.5) is 5.69 Å². The van der Waals surface area contributed by atoms with Gasteiger partial charge in [-0.3, -0.25) is 14.5 Å². The maximum atomic E-state index is 12.7. The van der Waals surface area contributed by atoms with Gasteiger partial charge in [0.2, 0.25) is 11.8 Å². The molecule has 0 bridgehead atoms. The predicted molar refractivity (Wildman–Crippen MR) is 112 cm³/mol. The maximum Gasteiger partial charge on any atom is 0.238 e. The summed E-state index contributed by atoms with van der Waals surface area (Å²) < 4.78 is 0. The first kappa shape index (κ1) is 21.1. The fourth-order valence-corrected chi connectivity index (χ4v) is 3.70. The topological polar surface area (TPSA) is 52.7 Å². The van der Waals surface area contributed by atoms with Gasteiger partial charge in [0.05, 0.1) is 19.1 Å². The van der Waals surface area contributed by atoms with Gasteiger partial charge in [0, 0.05) is 17.6 Å². The largest absolute Gasteiger partial charge is 0.337 e. The van der Waals surface area contributed by atoms with Gasteiger partial charge in [-0.05, 0) is 49.9 Å². The number of amides is 2. The molecule has 1 aromatic heterocycles. The zero-order chi connectivity index (χ0) is 19.8. The Morgan fingerprint density at radius 3 is 2.52 bits per heavy atom.